The number of aliphatic hydroxyl groups is 1. The molecular weight excluding hydrogens is 278 g/mol. The van der Waals surface area contributed by atoms with Crippen LogP contribution in [-0.4, -0.2) is 23.3 Å². The van der Waals surface area contributed by atoms with Crippen molar-refractivity contribution < 1.29 is 13.5 Å². The second kappa shape index (κ2) is 5.74. The summed E-state index contributed by atoms with van der Waals surface area (Å²) in [5, 5.41) is 13.5. The number of aliphatic hydroxyl groups excluding tert-OH is 1. The Morgan fingerprint density at radius 3 is 2.45 bits per heavy atom. The third kappa shape index (κ3) is 3.44. The molecule has 1 aromatic heterocycles. The predicted molar refractivity (Wildman–Crippen MR) is 74.3 cm³/mol. The van der Waals surface area contributed by atoms with E-state index in [0.717, 1.165) is 0 Å². The Balaban J connectivity index is 2.09. The van der Waals surface area contributed by atoms with Crippen molar-refractivity contribution in [3.63, 3.8) is 0 Å². The molecule has 0 radical (unpaired) electrons. The van der Waals surface area contributed by atoms with E-state index in [2.05, 4.69) is 9.82 Å². The van der Waals surface area contributed by atoms with Crippen molar-refractivity contribution in [1.82, 2.24) is 14.5 Å². The molecular formula is C13H17N3O3S. The van der Waals surface area contributed by atoms with Gasteiger partial charge in [0, 0.05) is 13.2 Å². The molecule has 7 heteroatoms. The zero-order valence-corrected chi connectivity index (χ0v) is 12.1. The molecule has 0 aliphatic heterocycles. The number of nitrogens with zero attached hydrogens (tertiary/aromatic N) is 2. The largest absolute Gasteiger partial charge is 0.389 e. The number of rotatable bonds is 5. The quantitative estimate of drug-likeness (QED) is 0.860. The molecule has 108 valence electrons. The zero-order valence-electron chi connectivity index (χ0n) is 11.3. The van der Waals surface area contributed by atoms with Crippen molar-refractivity contribution in [2.75, 3.05) is 0 Å². The van der Waals surface area contributed by atoms with Gasteiger partial charge < -0.3 is 5.11 Å². The molecule has 2 aromatic rings. The van der Waals surface area contributed by atoms with E-state index in [1.807, 2.05) is 0 Å². The topological polar surface area (TPSA) is 84.2 Å². The highest BCUT2D eigenvalue weighted by Crippen LogP contribution is 2.15. The minimum Gasteiger partial charge on any atom is -0.389 e. The molecule has 1 atom stereocenters. The molecule has 20 heavy (non-hydrogen) atoms. The third-order valence-electron chi connectivity index (χ3n) is 2.88. The average molecular weight is 295 g/mol. The van der Waals surface area contributed by atoms with Crippen LogP contribution in [0.25, 0.3) is 0 Å². The zero-order chi connectivity index (χ0) is 14.8. The summed E-state index contributed by atoms with van der Waals surface area (Å²) in [5.41, 5.74) is 1.32. The Kier molecular flexibility index (Phi) is 4.22. The summed E-state index contributed by atoms with van der Waals surface area (Å²) in [6, 6.07) is 7.89. The van der Waals surface area contributed by atoms with Gasteiger partial charge in [-0.1, -0.05) is 12.1 Å². The van der Waals surface area contributed by atoms with Crippen LogP contribution < -0.4 is 4.72 Å². The molecule has 0 amide bonds. The van der Waals surface area contributed by atoms with Crippen molar-refractivity contribution in [1.29, 1.82) is 0 Å². The molecule has 0 bridgehead atoms. The van der Waals surface area contributed by atoms with E-state index >= 15 is 0 Å². The van der Waals surface area contributed by atoms with Gasteiger partial charge in [0.2, 0.25) is 10.0 Å². The number of nitrogens with one attached hydrogen (secondary N) is 1. The maximum absolute atomic E-state index is 12.1. The minimum absolute atomic E-state index is 0.140. The first kappa shape index (κ1) is 14.7. The summed E-state index contributed by atoms with van der Waals surface area (Å²) < 4.78 is 28.3. The van der Waals surface area contributed by atoms with E-state index in [1.54, 1.807) is 43.0 Å². The standard InChI is InChI=1S/C13H17N3O3S/c1-10(17)11-3-5-13(6-4-11)20(18,19)14-9-12-7-8-16(2)15-12/h3-8,10,14,17H,9H2,1-2H3. The van der Waals surface area contributed by atoms with Gasteiger partial charge in [-0.25, -0.2) is 13.1 Å². The van der Waals surface area contributed by atoms with Gasteiger partial charge >= 0.3 is 0 Å². The number of aromatic nitrogens is 2. The van der Waals surface area contributed by atoms with Gasteiger partial charge in [-0.3, -0.25) is 4.68 Å². The molecule has 1 unspecified atom stereocenters. The number of aryl methyl sites for hydroxylation is 1. The molecule has 0 spiro atoms. The first-order valence-corrected chi connectivity index (χ1v) is 7.63. The number of hydrogen-bond donors (Lipinski definition) is 2. The Bertz CT molecular complexity index is 675. The van der Waals surface area contributed by atoms with Crippen LogP contribution in [0.2, 0.25) is 0 Å². The molecule has 0 aliphatic rings. The molecule has 0 fully saturated rings. The fourth-order valence-corrected chi connectivity index (χ4v) is 2.73. The summed E-state index contributed by atoms with van der Waals surface area (Å²) in [5.74, 6) is 0. The maximum atomic E-state index is 12.1. The molecule has 1 aromatic carbocycles. The van der Waals surface area contributed by atoms with Gasteiger partial charge in [-0.15, -0.1) is 0 Å². The Morgan fingerprint density at radius 2 is 1.95 bits per heavy atom. The van der Waals surface area contributed by atoms with Crippen molar-refractivity contribution in [3.8, 4) is 0 Å². The van der Waals surface area contributed by atoms with E-state index in [0.29, 0.717) is 11.3 Å². The van der Waals surface area contributed by atoms with Gasteiger partial charge in [0.25, 0.3) is 0 Å². The summed E-state index contributed by atoms with van der Waals surface area (Å²) in [4.78, 5) is 0.165. The number of benzene rings is 1. The molecule has 2 N–H and O–H groups in total. The molecule has 6 nitrogen and oxygen atoms in total. The lowest BCUT2D eigenvalue weighted by atomic mass is 10.1. The summed E-state index contributed by atoms with van der Waals surface area (Å²) in [6.07, 6.45) is 1.13. The van der Waals surface area contributed by atoms with Crippen LogP contribution in [0.15, 0.2) is 41.4 Å². The van der Waals surface area contributed by atoms with Gasteiger partial charge in [0.05, 0.1) is 23.2 Å². The Morgan fingerprint density at radius 1 is 1.30 bits per heavy atom. The maximum Gasteiger partial charge on any atom is 0.240 e. The molecule has 0 aliphatic carbocycles. The van der Waals surface area contributed by atoms with Crippen molar-refractivity contribution in [3.05, 3.63) is 47.8 Å². The first-order valence-electron chi connectivity index (χ1n) is 6.15. The fraction of sp³-hybridized carbons (Fsp3) is 0.308. The second-order valence-corrected chi connectivity index (χ2v) is 6.32. The summed E-state index contributed by atoms with van der Waals surface area (Å²) in [7, 11) is -1.80. The highest BCUT2D eigenvalue weighted by Gasteiger charge is 2.14. The first-order chi connectivity index (χ1) is 9.38. The van der Waals surface area contributed by atoms with E-state index in [9.17, 15) is 13.5 Å². The van der Waals surface area contributed by atoms with Crippen LogP contribution in [0, 0.1) is 0 Å². The van der Waals surface area contributed by atoms with Crippen molar-refractivity contribution >= 4 is 10.0 Å². The van der Waals surface area contributed by atoms with Gasteiger partial charge in [0.15, 0.2) is 0 Å². The lowest BCUT2D eigenvalue weighted by Crippen LogP contribution is -2.23. The Labute approximate surface area is 118 Å². The Hall–Kier alpha value is -1.70. The summed E-state index contributed by atoms with van der Waals surface area (Å²) >= 11 is 0. The van der Waals surface area contributed by atoms with Crippen molar-refractivity contribution in [2.45, 2.75) is 24.5 Å². The fourth-order valence-electron chi connectivity index (χ4n) is 1.74. The number of hydrogen-bond acceptors (Lipinski definition) is 4. The SMILES string of the molecule is CC(O)c1ccc(S(=O)(=O)NCc2ccn(C)n2)cc1. The molecule has 0 saturated carbocycles. The second-order valence-electron chi connectivity index (χ2n) is 4.55. The normalized spacial score (nSPS) is 13.3. The third-order valence-corrected chi connectivity index (χ3v) is 4.30. The lowest BCUT2D eigenvalue weighted by Gasteiger charge is -2.08. The van der Waals surface area contributed by atoms with Crippen molar-refractivity contribution in [2.24, 2.45) is 7.05 Å². The average Bonchev–Trinajstić information content (AvgIpc) is 2.82. The van der Waals surface area contributed by atoms with Crippen LogP contribution >= 0.6 is 0 Å². The van der Waals surface area contributed by atoms with Gasteiger partial charge in [-0.2, -0.15) is 5.10 Å². The molecule has 1 heterocycles. The predicted octanol–water partition coefficient (Wildman–Crippen LogP) is 0.952. The minimum atomic E-state index is -3.57. The highest BCUT2D eigenvalue weighted by atomic mass is 32.2. The van der Waals surface area contributed by atoms with E-state index < -0.39 is 16.1 Å². The smallest absolute Gasteiger partial charge is 0.240 e. The van der Waals surface area contributed by atoms with Crippen LogP contribution in [-0.2, 0) is 23.6 Å². The number of sulfonamides is 1. The van der Waals surface area contributed by atoms with Gasteiger partial charge in [0.1, 0.15) is 0 Å². The van der Waals surface area contributed by atoms with E-state index in [1.165, 1.54) is 12.1 Å². The van der Waals surface area contributed by atoms with Crippen LogP contribution in [0.5, 0.6) is 0 Å². The highest BCUT2D eigenvalue weighted by molar-refractivity contribution is 7.89. The van der Waals surface area contributed by atoms with Crippen LogP contribution in [0.1, 0.15) is 24.3 Å². The monoisotopic (exact) mass is 295 g/mol. The van der Waals surface area contributed by atoms with E-state index in [-0.39, 0.29) is 11.4 Å². The van der Waals surface area contributed by atoms with Crippen LogP contribution in [0.3, 0.4) is 0 Å². The molecule has 2 rings (SSSR count). The lowest BCUT2D eigenvalue weighted by molar-refractivity contribution is 0.199. The van der Waals surface area contributed by atoms with Crippen LogP contribution in [0.4, 0.5) is 0 Å². The van der Waals surface area contributed by atoms with E-state index in [4.69, 9.17) is 0 Å². The summed E-state index contributed by atoms with van der Waals surface area (Å²) in [6.45, 7) is 1.77. The molecule has 0 saturated heterocycles. The van der Waals surface area contributed by atoms with Gasteiger partial charge in [-0.05, 0) is 30.7 Å².